The number of aromatic nitrogens is 3. The van der Waals surface area contributed by atoms with Gasteiger partial charge in [-0.05, 0) is 17.7 Å². The Balaban J connectivity index is 1.02. The van der Waals surface area contributed by atoms with E-state index >= 15 is 0 Å². The second-order valence-corrected chi connectivity index (χ2v) is 22.2. The van der Waals surface area contributed by atoms with Crippen LogP contribution in [0.25, 0.3) is 78.0 Å². The van der Waals surface area contributed by atoms with E-state index in [9.17, 15) is 9.60 Å². The molecule has 0 atom stereocenters. The molecule has 14 rings (SSSR count). The van der Waals surface area contributed by atoms with Crippen molar-refractivity contribution in [2.75, 3.05) is 9.62 Å². The number of hydrogen-bond acceptors (Lipinski definition) is 4. The molecule has 0 saturated heterocycles. The molecule has 11 aromatic rings. The van der Waals surface area contributed by atoms with Crippen LogP contribution in [0.1, 0.15) is 65.0 Å². The molecule has 2 aromatic heterocycles. The number of hydrogen-bond donors (Lipinski definition) is 0. The van der Waals surface area contributed by atoms with Crippen molar-refractivity contribution in [1.29, 1.82) is 0 Å². The molecule has 3 aliphatic rings. The van der Waals surface area contributed by atoms with Gasteiger partial charge in [-0.3, -0.25) is 0 Å². The number of fused-ring (bicyclic) bond motifs is 10. The van der Waals surface area contributed by atoms with Crippen molar-refractivity contribution < 1.29 is 37.8 Å². The Kier molecular flexibility index (Phi) is 8.87. The van der Waals surface area contributed by atoms with Crippen molar-refractivity contribution in [3.63, 3.8) is 0 Å². The summed E-state index contributed by atoms with van der Waals surface area (Å²) in [6.07, 6.45) is -1.79. The number of aryl methyl sites for hydroxylation is 1. The Morgan fingerprint density at radius 3 is 1.96 bits per heavy atom. The number of benzene rings is 9. The quantitative estimate of drug-likeness (QED) is 0.135. The number of para-hydroxylation sites is 6. The molecule has 0 radical (unpaired) electrons. The summed E-state index contributed by atoms with van der Waals surface area (Å²) in [5.74, 6) is 0.299. The molecule has 6 nitrogen and oxygen atoms in total. The van der Waals surface area contributed by atoms with Crippen LogP contribution < -0.4 is 19.8 Å². The molecule has 9 aromatic carbocycles. The van der Waals surface area contributed by atoms with Crippen LogP contribution in [0.4, 0.5) is 22.9 Å². The predicted octanol–water partition coefficient (Wildman–Crippen LogP) is 17.1. The van der Waals surface area contributed by atoms with Gasteiger partial charge in [-0.2, -0.15) is 0 Å². The van der Waals surface area contributed by atoms with Gasteiger partial charge >= 0.3 is 407 Å². The Morgan fingerprint density at radius 1 is 0.610 bits per heavy atom. The predicted molar refractivity (Wildman–Crippen MR) is 315 cm³/mol. The van der Waals surface area contributed by atoms with Gasteiger partial charge in [0.2, 0.25) is 0 Å². The molecule has 376 valence electrons. The minimum atomic E-state index is -2.65. The number of ether oxygens (including phenoxy) is 1. The van der Waals surface area contributed by atoms with Crippen LogP contribution in [-0.4, -0.2) is 21.1 Å². The third-order valence-corrected chi connectivity index (χ3v) is 16.1. The van der Waals surface area contributed by atoms with Gasteiger partial charge in [0.05, 0.1) is 0 Å². The summed E-state index contributed by atoms with van der Waals surface area (Å²) in [6, 6.07) is 57.0. The SMILES string of the molecule is [2H]c1c([2H])c([2H])c(-c2cccc(-c3ccc(C(C)(C)C)cc3)c2-n2[c](=[Pt])n(-c3ccc(-c4ccccc4C([2H])([2H])C(C)C)c(Oc4cc(C([2H])([2H])[2H])c5c(n4)N4B6c7c(cccc7-5)-c5ccccc5N6c5ccccc54)c3)c3ccccc32)c([2H])c1[2H]. The fraction of sp³-hybridized carbons (Fsp3) is 0.130. The molecule has 0 fully saturated rings. The maximum atomic E-state index is 9.49. The van der Waals surface area contributed by atoms with Crippen molar-refractivity contribution in [3.05, 3.63) is 233 Å². The van der Waals surface area contributed by atoms with Gasteiger partial charge in [0.15, 0.2) is 0 Å². The van der Waals surface area contributed by atoms with Crippen molar-refractivity contribution >= 4 is 46.4 Å². The maximum absolute atomic E-state index is 9.49. The minimum absolute atomic E-state index is 0.0197. The molecule has 0 bridgehead atoms. The van der Waals surface area contributed by atoms with E-state index < -0.39 is 44.3 Å². The van der Waals surface area contributed by atoms with E-state index in [1.54, 1.807) is 6.07 Å². The summed E-state index contributed by atoms with van der Waals surface area (Å²) in [6.45, 7) is 7.12. The topological polar surface area (TPSA) is 38.5 Å². The third kappa shape index (κ3) is 7.57. The standard InChI is InChI=1S/C69H56BN5O.Pt/c1-44(2)40-48-22-10-11-23-51(48)55-39-38-50(72-43-73(60-31-15-14-30-59(60)72)67-52(46-20-8-7-9-21-46)25-18-26-53(67)47-34-36-49(37-35-47)69(4,5)6)42-63(55)76-64-41-45(3)65-57-28-19-27-56-54-24-12-13-29-58(54)74-61-32-16-17-33-62(61)75(68(65)71-64)70(74)66(56)57;/h7-39,41-42,44H,40H2,1-6H3;/i3D3,7D,8D,9D,20D,21D,40D2;. The molecule has 0 unspecified atom stereocenters. The summed E-state index contributed by atoms with van der Waals surface area (Å²) in [5, 5.41) is 0. The third-order valence-electron chi connectivity index (χ3n) is 15.1. The van der Waals surface area contributed by atoms with Crippen molar-refractivity contribution in [2.45, 2.75) is 53.3 Å². The second kappa shape index (κ2) is 18.2. The Hall–Kier alpha value is -8.25. The first-order chi connectivity index (χ1) is 41.6. The number of rotatable bonds is 9. The number of imidazole rings is 1. The average Bonchev–Trinajstić information content (AvgIpc) is 1.60. The summed E-state index contributed by atoms with van der Waals surface area (Å²) < 4.78 is 104. The summed E-state index contributed by atoms with van der Waals surface area (Å²) in [7, 11) is 0. The van der Waals surface area contributed by atoms with Crippen molar-refractivity contribution in [1.82, 2.24) is 14.1 Å². The van der Waals surface area contributed by atoms with E-state index in [-0.39, 0.29) is 40.3 Å². The van der Waals surface area contributed by atoms with Crippen molar-refractivity contribution in [3.8, 4) is 78.6 Å². The zero-order valence-electron chi connectivity index (χ0n) is 52.9. The Bertz CT molecular complexity index is 4750. The van der Waals surface area contributed by atoms with Crippen molar-refractivity contribution in [2.24, 2.45) is 5.92 Å². The summed E-state index contributed by atoms with van der Waals surface area (Å²) in [4.78, 5) is 9.87. The first kappa shape index (κ1) is 37.5. The zero-order chi connectivity index (χ0) is 60.9. The normalized spacial score (nSPS) is 15.2. The fourth-order valence-corrected chi connectivity index (χ4v) is 12.9. The fourth-order valence-electron chi connectivity index (χ4n) is 11.8. The van der Waals surface area contributed by atoms with Crippen LogP contribution in [0.3, 0.4) is 0 Å². The van der Waals surface area contributed by atoms with Crippen LogP contribution in [0.15, 0.2) is 212 Å². The van der Waals surface area contributed by atoms with E-state index in [0.717, 1.165) is 66.9 Å². The zero-order valence-corrected chi connectivity index (χ0v) is 45.2. The molecule has 5 heterocycles. The number of nitrogens with zero attached hydrogens (tertiary/aromatic N) is 5. The van der Waals surface area contributed by atoms with E-state index in [1.165, 1.54) is 6.07 Å². The van der Waals surface area contributed by atoms with Crippen LogP contribution in [0.2, 0.25) is 0 Å². The molecule has 0 amide bonds. The second-order valence-electron chi connectivity index (χ2n) is 21.2. The molecular weight excluding hydrogens is 1120 g/mol. The van der Waals surface area contributed by atoms with Gasteiger partial charge in [0.1, 0.15) is 0 Å². The molecule has 0 N–H and O–H groups in total. The molecule has 0 aliphatic carbocycles. The van der Waals surface area contributed by atoms with Crippen LogP contribution in [-0.2, 0) is 31.1 Å². The van der Waals surface area contributed by atoms with Crippen LogP contribution in [0.5, 0.6) is 11.6 Å². The summed E-state index contributed by atoms with van der Waals surface area (Å²) in [5.41, 5.74) is 14.5. The van der Waals surface area contributed by atoms with E-state index in [0.29, 0.717) is 48.8 Å². The molecule has 0 spiro atoms. The van der Waals surface area contributed by atoms with Crippen LogP contribution >= 0.6 is 0 Å². The van der Waals surface area contributed by atoms with Gasteiger partial charge in [0, 0.05) is 11.3 Å². The number of pyridine rings is 1. The van der Waals surface area contributed by atoms with E-state index in [1.807, 2.05) is 135 Å². The molecule has 77 heavy (non-hydrogen) atoms. The van der Waals surface area contributed by atoms with Crippen LogP contribution in [0, 0.1) is 16.6 Å². The van der Waals surface area contributed by atoms with E-state index in [2.05, 4.69) is 107 Å². The van der Waals surface area contributed by atoms with Gasteiger partial charge in [-0.1, -0.05) is 42.5 Å². The van der Waals surface area contributed by atoms with Gasteiger partial charge in [-0.25, -0.2) is 0 Å². The molecular formula is C69H56BN5OPt. The molecule has 3 aliphatic heterocycles. The first-order valence-corrected chi connectivity index (χ1v) is 27.1. The Morgan fingerprint density at radius 2 is 1.23 bits per heavy atom. The number of anilines is 4. The average molecular weight is 1190 g/mol. The monoisotopic (exact) mass is 1190 g/mol. The Labute approximate surface area is 476 Å². The van der Waals surface area contributed by atoms with Gasteiger partial charge < -0.3 is 0 Å². The molecule has 0 saturated carbocycles. The summed E-state index contributed by atoms with van der Waals surface area (Å²) >= 11 is 2.29. The van der Waals surface area contributed by atoms with Gasteiger partial charge in [-0.15, -0.1) is 0 Å². The van der Waals surface area contributed by atoms with E-state index in [4.69, 9.17) is 13.8 Å². The first-order valence-electron chi connectivity index (χ1n) is 30.9. The van der Waals surface area contributed by atoms with Gasteiger partial charge in [0.25, 0.3) is 0 Å². The molecule has 8 heteroatoms.